The predicted octanol–water partition coefficient (Wildman–Crippen LogP) is 2.92. The summed E-state index contributed by atoms with van der Waals surface area (Å²) >= 11 is 0. The van der Waals surface area contributed by atoms with Gasteiger partial charge in [-0.2, -0.15) is 0 Å². The van der Waals surface area contributed by atoms with Gasteiger partial charge < -0.3 is 14.6 Å². The monoisotopic (exact) mass is 262 g/mol. The van der Waals surface area contributed by atoms with Gasteiger partial charge in [-0.05, 0) is 23.8 Å². The fraction of sp³-hybridized carbons (Fsp3) is 0.200. The van der Waals surface area contributed by atoms with E-state index in [4.69, 9.17) is 9.47 Å². The second-order valence-electron chi connectivity index (χ2n) is 4.04. The summed E-state index contributed by atoms with van der Waals surface area (Å²) < 4.78 is 24.0. The number of methoxy groups -OCH3 is 2. The Kier molecular flexibility index (Phi) is 4.02. The van der Waals surface area contributed by atoms with Crippen LogP contribution in [0.15, 0.2) is 42.5 Å². The molecule has 1 unspecified atom stereocenters. The Morgan fingerprint density at radius 3 is 2.26 bits per heavy atom. The van der Waals surface area contributed by atoms with E-state index in [1.807, 2.05) is 0 Å². The smallest absolute Gasteiger partial charge is 0.171 e. The molecular formula is C15H15FO3. The van der Waals surface area contributed by atoms with Gasteiger partial charge in [-0.1, -0.05) is 24.3 Å². The van der Waals surface area contributed by atoms with E-state index in [-0.39, 0.29) is 11.3 Å². The molecule has 2 rings (SSSR count). The Balaban J connectivity index is 2.35. The van der Waals surface area contributed by atoms with Crippen molar-refractivity contribution in [2.45, 2.75) is 6.10 Å². The molecule has 100 valence electrons. The summed E-state index contributed by atoms with van der Waals surface area (Å²) in [5, 5.41) is 10.2. The molecule has 0 spiro atoms. The molecule has 0 aromatic heterocycles. The van der Waals surface area contributed by atoms with E-state index in [2.05, 4.69) is 0 Å². The molecule has 0 aliphatic carbocycles. The average molecular weight is 262 g/mol. The summed E-state index contributed by atoms with van der Waals surface area (Å²) in [5.41, 5.74) is 0.775. The molecule has 1 atom stereocenters. The molecule has 3 nitrogen and oxygen atoms in total. The Morgan fingerprint density at radius 2 is 1.68 bits per heavy atom. The number of aliphatic hydroxyl groups is 1. The van der Waals surface area contributed by atoms with Crippen LogP contribution in [0.5, 0.6) is 11.5 Å². The lowest BCUT2D eigenvalue weighted by Crippen LogP contribution is -2.04. The first-order chi connectivity index (χ1) is 9.17. The second kappa shape index (κ2) is 5.71. The first-order valence-electron chi connectivity index (χ1n) is 5.81. The highest BCUT2D eigenvalue weighted by Gasteiger charge is 2.17. The Bertz CT molecular complexity index is 552. The summed E-state index contributed by atoms with van der Waals surface area (Å²) in [5.74, 6) is 0.250. The standard InChI is InChI=1S/C15H15FO3/c1-18-11-8-6-10(7-9-11)15(17)12-4-3-5-13(19-2)14(12)16/h3-9,15,17H,1-2H3. The van der Waals surface area contributed by atoms with Crippen molar-refractivity contribution in [1.29, 1.82) is 0 Å². The molecular weight excluding hydrogens is 247 g/mol. The largest absolute Gasteiger partial charge is 0.497 e. The minimum Gasteiger partial charge on any atom is -0.497 e. The molecule has 0 heterocycles. The van der Waals surface area contributed by atoms with Gasteiger partial charge in [-0.25, -0.2) is 4.39 Å². The Labute approximate surface area is 111 Å². The fourth-order valence-electron chi connectivity index (χ4n) is 1.86. The van der Waals surface area contributed by atoms with E-state index >= 15 is 0 Å². The lowest BCUT2D eigenvalue weighted by molar-refractivity contribution is 0.213. The van der Waals surface area contributed by atoms with E-state index in [0.717, 1.165) is 0 Å². The second-order valence-corrected chi connectivity index (χ2v) is 4.04. The van der Waals surface area contributed by atoms with Crippen LogP contribution in [-0.2, 0) is 0 Å². The highest BCUT2D eigenvalue weighted by molar-refractivity contribution is 5.38. The normalized spacial score (nSPS) is 12.0. The Morgan fingerprint density at radius 1 is 1.00 bits per heavy atom. The van der Waals surface area contributed by atoms with E-state index in [1.54, 1.807) is 37.4 Å². The molecule has 2 aromatic rings. The third-order valence-corrected chi connectivity index (χ3v) is 2.94. The molecule has 0 amide bonds. The van der Waals surface area contributed by atoms with Gasteiger partial charge in [0.15, 0.2) is 11.6 Å². The summed E-state index contributed by atoms with van der Waals surface area (Å²) in [6.45, 7) is 0. The zero-order valence-electron chi connectivity index (χ0n) is 10.8. The van der Waals surface area contributed by atoms with Crippen molar-refractivity contribution < 1.29 is 19.0 Å². The number of hydrogen-bond donors (Lipinski definition) is 1. The first-order valence-corrected chi connectivity index (χ1v) is 5.81. The first kappa shape index (κ1) is 13.4. The topological polar surface area (TPSA) is 38.7 Å². The molecule has 0 fully saturated rings. The van der Waals surface area contributed by atoms with Gasteiger partial charge in [-0.15, -0.1) is 0 Å². The molecule has 1 N–H and O–H groups in total. The predicted molar refractivity (Wildman–Crippen MR) is 70.0 cm³/mol. The van der Waals surface area contributed by atoms with E-state index in [0.29, 0.717) is 11.3 Å². The molecule has 0 saturated heterocycles. The number of halogens is 1. The maximum Gasteiger partial charge on any atom is 0.171 e. The van der Waals surface area contributed by atoms with Crippen LogP contribution in [0.2, 0.25) is 0 Å². The number of aliphatic hydroxyl groups excluding tert-OH is 1. The summed E-state index contributed by atoms with van der Waals surface area (Å²) in [6, 6.07) is 11.5. The van der Waals surface area contributed by atoms with Crippen molar-refractivity contribution in [3.8, 4) is 11.5 Å². The van der Waals surface area contributed by atoms with Crippen molar-refractivity contribution in [3.63, 3.8) is 0 Å². The van der Waals surface area contributed by atoms with Gasteiger partial charge >= 0.3 is 0 Å². The molecule has 0 radical (unpaired) electrons. The molecule has 0 aliphatic rings. The molecule has 2 aromatic carbocycles. The van der Waals surface area contributed by atoms with Gasteiger partial charge in [0.25, 0.3) is 0 Å². The lowest BCUT2D eigenvalue weighted by atomic mass is 10.0. The number of benzene rings is 2. The SMILES string of the molecule is COc1ccc(C(O)c2cccc(OC)c2F)cc1. The zero-order valence-corrected chi connectivity index (χ0v) is 10.8. The van der Waals surface area contributed by atoms with Crippen LogP contribution in [-0.4, -0.2) is 19.3 Å². The van der Waals surface area contributed by atoms with Crippen LogP contribution in [0, 0.1) is 5.82 Å². The molecule has 0 bridgehead atoms. The van der Waals surface area contributed by atoms with Gasteiger partial charge in [0.05, 0.1) is 14.2 Å². The van der Waals surface area contributed by atoms with Crippen LogP contribution in [0.3, 0.4) is 0 Å². The van der Waals surface area contributed by atoms with Crippen LogP contribution in [0.25, 0.3) is 0 Å². The third-order valence-electron chi connectivity index (χ3n) is 2.94. The average Bonchev–Trinajstić information content (AvgIpc) is 2.47. The lowest BCUT2D eigenvalue weighted by Gasteiger charge is -2.14. The van der Waals surface area contributed by atoms with Crippen LogP contribution in [0.1, 0.15) is 17.2 Å². The van der Waals surface area contributed by atoms with Gasteiger partial charge in [0, 0.05) is 5.56 Å². The number of rotatable bonds is 4. The highest BCUT2D eigenvalue weighted by atomic mass is 19.1. The fourth-order valence-corrected chi connectivity index (χ4v) is 1.86. The zero-order chi connectivity index (χ0) is 13.8. The minimum atomic E-state index is -1.04. The van der Waals surface area contributed by atoms with Crippen molar-refractivity contribution in [2.24, 2.45) is 0 Å². The maximum atomic E-state index is 14.0. The minimum absolute atomic E-state index is 0.116. The van der Waals surface area contributed by atoms with Crippen LogP contribution in [0.4, 0.5) is 4.39 Å². The van der Waals surface area contributed by atoms with Crippen LogP contribution < -0.4 is 9.47 Å². The van der Waals surface area contributed by atoms with Crippen molar-refractivity contribution in [3.05, 3.63) is 59.4 Å². The summed E-state index contributed by atoms with van der Waals surface area (Å²) in [7, 11) is 2.95. The Hall–Kier alpha value is -2.07. The highest BCUT2D eigenvalue weighted by Crippen LogP contribution is 2.29. The maximum absolute atomic E-state index is 14.0. The summed E-state index contributed by atoms with van der Waals surface area (Å²) in [4.78, 5) is 0. The molecule has 19 heavy (non-hydrogen) atoms. The van der Waals surface area contributed by atoms with Gasteiger partial charge in [0.2, 0.25) is 0 Å². The van der Waals surface area contributed by atoms with Crippen molar-refractivity contribution in [2.75, 3.05) is 14.2 Å². The quantitative estimate of drug-likeness (QED) is 0.920. The molecule has 0 saturated carbocycles. The number of hydrogen-bond acceptors (Lipinski definition) is 3. The van der Waals surface area contributed by atoms with Crippen LogP contribution >= 0.6 is 0 Å². The molecule has 0 aliphatic heterocycles. The van der Waals surface area contributed by atoms with Crippen molar-refractivity contribution >= 4 is 0 Å². The van der Waals surface area contributed by atoms with Gasteiger partial charge in [0.1, 0.15) is 11.9 Å². The molecule has 4 heteroatoms. The van der Waals surface area contributed by atoms with Crippen molar-refractivity contribution in [1.82, 2.24) is 0 Å². The van der Waals surface area contributed by atoms with Gasteiger partial charge in [-0.3, -0.25) is 0 Å². The van der Waals surface area contributed by atoms with E-state index in [1.165, 1.54) is 19.2 Å². The van der Waals surface area contributed by atoms with E-state index < -0.39 is 11.9 Å². The summed E-state index contributed by atoms with van der Waals surface area (Å²) in [6.07, 6.45) is -1.04. The van der Waals surface area contributed by atoms with E-state index in [9.17, 15) is 9.50 Å². The third kappa shape index (κ3) is 2.69. The number of ether oxygens (including phenoxy) is 2.